The van der Waals surface area contributed by atoms with Gasteiger partial charge in [-0.3, -0.25) is 9.69 Å². The summed E-state index contributed by atoms with van der Waals surface area (Å²) >= 11 is 0. The molecule has 0 spiro atoms. The van der Waals surface area contributed by atoms with Gasteiger partial charge >= 0.3 is 0 Å². The molecular formula is C24H32N2O2. The third-order valence-corrected chi connectivity index (χ3v) is 5.43. The van der Waals surface area contributed by atoms with Gasteiger partial charge in [-0.2, -0.15) is 0 Å². The summed E-state index contributed by atoms with van der Waals surface area (Å²) in [7, 11) is 2.06. The van der Waals surface area contributed by atoms with Gasteiger partial charge in [-0.1, -0.05) is 55.7 Å². The van der Waals surface area contributed by atoms with Crippen LogP contribution in [0.15, 0.2) is 54.6 Å². The second-order valence-corrected chi connectivity index (χ2v) is 7.72. The number of nitrogens with one attached hydrogen (secondary N) is 1. The number of nitrogens with zero attached hydrogens (tertiary/aromatic N) is 1. The summed E-state index contributed by atoms with van der Waals surface area (Å²) in [5.74, 6) is 0.834. The van der Waals surface area contributed by atoms with E-state index in [1.807, 2.05) is 30.3 Å². The van der Waals surface area contributed by atoms with Crippen LogP contribution in [0.4, 0.5) is 5.69 Å². The second-order valence-electron chi connectivity index (χ2n) is 7.72. The Kier molecular flexibility index (Phi) is 7.92. The summed E-state index contributed by atoms with van der Waals surface area (Å²) in [4.78, 5) is 14.6. The van der Waals surface area contributed by atoms with Gasteiger partial charge in [0.1, 0.15) is 5.75 Å². The number of anilines is 1. The Hall–Kier alpha value is -2.33. The molecular weight excluding hydrogens is 348 g/mol. The van der Waals surface area contributed by atoms with Gasteiger partial charge in [0.25, 0.3) is 0 Å². The molecule has 1 N–H and O–H groups in total. The Labute approximate surface area is 168 Å². The lowest BCUT2D eigenvalue weighted by atomic mass is 9.94. The first-order valence-corrected chi connectivity index (χ1v) is 10.5. The number of benzene rings is 2. The monoisotopic (exact) mass is 380 g/mol. The molecule has 0 unspecified atom stereocenters. The highest BCUT2D eigenvalue weighted by atomic mass is 16.5. The lowest BCUT2D eigenvalue weighted by Crippen LogP contribution is -2.39. The molecule has 1 fully saturated rings. The van der Waals surface area contributed by atoms with Crippen LogP contribution in [0, 0.1) is 0 Å². The molecule has 0 bridgehead atoms. The number of aryl methyl sites for hydroxylation is 1. The lowest BCUT2D eigenvalue weighted by Gasteiger charge is -2.30. The minimum atomic E-state index is 0.0364. The molecule has 0 aliphatic heterocycles. The summed E-state index contributed by atoms with van der Waals surface area (Å²) < 4.78 is 5.86. The molecule has 4 nitrogen and oxygen atoms in total. The number of hydrogen-bond acceptors (Lipinski definition) is 3. The quantitative estimate of drug-likeness (QED) is 0.629. The minimum absolute atomic E-state index is 0.0364. The van der Waals surface area contributed by atoms with Crippen molar-refractivity contribution in [3.8, 4) is 5.75 Å². The highest BCUT2D eigenvalue weighted by Crippen LogP contribution is 2.22. The van der Waals surface area contributed by atoms with Crippen LogP contribution < -0.4 is 10.1 Å². The van der Waals surface area contributed by atoms with Crippen molar-refractivity contribution in [1.82, 2.24) is 4.90 Å². The molecule has 0 atom stereocenters. The summed E-state index contributed by atoms with van der Waals surface area (Å²) in [6, 6.07) is 18.7. The molecule has 1 aliphatic rings. The van der Waals surface area contributed by atoms with E-state index in [-0.39, 0.29) is 5.91 Å². The first kappa shape index (κ1) is 20.4. The van der Waals surface area contributed by atoms with Crippen molar-refractivity contribution in [3.05, 3.63) is 60.2 Å². The fourth-order valence-corrected chi connectivity index (χ4v) is 3.85. The fraction of sp³-hybridized carbons (Fsp3) is 0.458. The third-order valence-electron chi connectivity index (χ3n) is 5.43. The summed E-state index contributed by atoms with van der Waals surface area (Å²) in [5, 5.41) is 3.01. The summed E-state index contributed by atoms with van der Waals surface area (Å²) in [6.07, 6.45) is 8.26. The van der Waals surface area contributed by atoms with Crippen LogP contribution in [0.2, 0.25) is 0 Å². The minimum Gasteiger partial charge on any atom is -0.494 e. The van der Waals surface area contributed by atoms with Crippen LogP contribution in [0.3, 0.4) is 0 Å². The van der Waals surface area contributed by atoms with Crippen LogP contribution in [0.25, 0.3) is 0 Å². The average Bonchev–Trinajstić information content (AvgIpc) is 2.73. The van der Waals surface area contributed by atoms with Gasteiger partial charge in [-0.15, -0.1) is 0 Å². The van der Waals surface area contributed by atoms with Gasteiger partial charge < -0.3 is 10.1 Å². The van der Waals surface area contributed by atoms with E-state index in [1.165, 1.54) is 37.7 Å². The van der Waals surface area contributed by atoms with E-state index in [4.69, 9.17) is 4.74 Å². The van der Waals surface area contributed by atoms with Gasteiger partial charge in [-0.05, 0) is 50.4 Å². The maximum Gasteiger partial charge on any atom is 0.238 e. The fourth-order valence-electron chi connectivity index (χ4n) is 3.85. The zero-order valence-corrected chi connectivity index (χ0v) is 16.9. The van der Waals surface area contributed by atoms with Crippen LogP contribution in [0.5, 0.6) is 5.75 Å². The van der Waals surface area contributed by atoms with Crippen molar-refractivity contribution in [3.63, 3.8) is 0 Å². The Morgan fingerprint density at radius 2 is 1.86 bits per heavy atom. The number of carbonyl (C=O) groups excluding carboxylic acids is 1. The predicted molar refractivity (Wildman–Crippen MR) is 115 cm³/mol. The zero-order chi connectivity index (χ0) is 19.6. The van der Waals surface area contributed by atoms with Crippen molar-refractivity contribution >= 4 is 11.6 Å². The van der Waals surface area contributed by atoms with Crippen molar-refractivity contribution in [1.29, 1.82) is 0 Å². The molecule has 0 aromatic heterocycles. The number of rotatable bonds is 9. The summed E-state index contributed by atoms with van der Waals surface area (Å²) in [6.45, 7) is 1.10. The molecule has 150 valence electrons. The highest BCUT2D eigenvalue weighted by Gasteiger charge is 2.19. The standard InChI is InChI=1S/C24H32N2O2/c1-26(22-14-6-3-7-15-22)19-24(27)25-21-13-8-16-23(18-21)28-17-9-12-20-10-4-2-5-11-20/h2,4-5,8,10-11,13,16,18,22H,3,6-7,9,12,14-15,17,19H2,1H3,(H,25,27). The van der Waals surface area contributed by atoms with E-state index >= 15 is 0 Å². The molecule has 4 heteroatoms. The number of ether oxygens (including phenoxy) is 1. The van der Waals surface area contributed by atoms with Gasteiger partial charge in [0.2, 0.25) is 5.91 Å². The van der Waals surface area contributed by atoms with E-state index in [9.17, 15) is 4.79 Å². The average molecular weight is 381 g/mol. The molecule has 0 heterocycles. The topological polar surface area (TPSA) is 41.6 Å². The molecule has 2 aromatic carbocycles. The lowest BCUT2D eigenvalue weighted by molar-refractivity contribution is -0.117. The van der Waals surface area contributed by atoms with Crippen molar-refractivity contribution in [2.45, 2.75) is 51.0 Å². The molecule has 1 saturated carbocycles. The van der Waals surface area contributed by atoms with Crippen LogP contribution >= 0.6 is 0 Å². The highest BCUT2D eigenvalue weighted by molar-refractivity contribution is 5.92. The van der Waals surface area contributed by atoms with Gasteiger partial charge in [0, 0.05) is 17.8 Å². The predicted octanol–water partition coefficient (Wildman–Crippen LogP) is 4.90. The first-order chi connectivity index (χ1) is 13.7. The zero-order valence-electron chi connectivity index (χ0n) is 16.9. The Morgan fingerprint density at radius 3 is 2.64 bits per heavy atom. The van der Waals surface area contributed by atoms with E-state index < -0.39 is 0 Å². The van der Waals surface area contributed by atoms with E-state index in [0.29, 0.717) is 19.2 Å². The van der Waals surface area contributed by atoms with E-state index in [0.717, 1.165) is 24.3 Å². The van der Waals surface area contributed by atoms with Crippen LogP contribution in [-0.4, -0.2) is 37.0 Å². The maximum absolute atomic E-state index is 12.4. The Morgan fingerprint density at radius 1 is 1.07 bits per heavy atom. The molecule has 28 heavy (non-hydrogen) atoms. The van der Waals surface area contributed by atoms with E-state index in [1.54, 1.807) is 0 Å². The molecule has 0 saturated heterocycles. The van der Waals surface area contributed by atoms with Crippen LogP contribution in [-0.2, 0) is 11.2 Å². The van der Waals surface area contributed by atoms with Crippen molar-refractivity contribution in [2.24, 2.45) is 0 Å². The molecule has 1 aliphatic carbocycles. The number of amides is 1. The third kappa shape index (κ3) is 6.68. The smallest absolute Gasteiger partial charge is 0.238 e. The molecule has 2 aromatic rings. The van der Waals surface area contributed by atoms with E-state index in [2.05, 4.69) is 41.5 Å². The largest absolute Gasteiger partial charge is 0.494 e. The normalized spacial score (nSPS) is 14.8. The van der Waals surface area contributed by atoms with Gasteiger partial charge in [0.15, 0.2) is 0 Å². The number of hydrogen-bond donors (Lipinski definition) is 1. The number of carbonyl (C=O) groups is 1. The van der Waals surface area contributed by atoms with Gasteiger partial charge in [-0.25, -0.2) is 0 Å². The molecule has 0 radical (unpaired) electrons. The maximum atomic E-state index is 12.4. The molecule has 1 amide bonds. The SMILES string of the molecule is CN(CC(=O)Nc1cccc(OCCCc2ccccc2)c1)C1CCCCC1. The summed E-state index contributed by atoms with van der Waals surface area (Å²) in [5.41, 5.74) is 2.12. The van der Waals surface area contributed by atoms with Crippen molar-refractivity contribution < 1.29 is 9.53 Å². The Bertz CT molecular complexity index is 726. The molecule has 3 rings (SSSR count). The first-order valence-electron chi connectivity index (χ1n) is 10.5. The van der Waals surface area contributed by atoms with Crippen molar-refractivity contribution in [2.75, 3.05) is 25.5 Å². The number of likely N-dealkylation sites (N-methyl/N-ethyl adjacent to an activating group) is 1. The van der Waals surface area contributed by atoms with Gasteiger partial charge in [0.05, 0.1) is 13.2 Å². The second kappa shape index (κ2) is 10.9. The van der Waals surface area contributed by atoms with Crippen LogP contribution in [0.1, 0.15) is 44.1 Å². The Balaban J connectivity index is 1.41.